The summed E-state index contributed by atoms with van der Waals surface area (Å²) in [6.45, 7) is 6.20. The minimum atomic E-state index is -3.34. The maximum absolute atomic E-state index is 13.1. The molecule has 3 fully saturated rings. The summed E-state index contributed by atoms with van der Waals surface area (Å²) in [5, 5.41) is 2.94. The van der Waals surface area contributed by atoms with E-state index in [0.717, 1.165) is 38.6 Å². The minimum Gasteiger partial charge on any atom is -0.341 e. The van der Waals surface area contributed by atoms with E-state index in [1.54, 1.807) is 4.31 Å². The number of rotatable bonds is 3. The van der Waals surface area contributed by atoms with Gasteiger partial charge in [-0.15, -0.1) is 0 Å². The maximum atomic E-state index is 13.1. The van der Waals surface area contributed by atoms with Crippen LogP contribution in [-0.4, -0.2) is 67.0 Å². The van der Waals surface area contributed by atoms with Crippen molar-refractivity contribution in [2.24, 2.45) is 5.92 Å². The quantitative estimate of drug-likeness (QED) is 0.823. The Labute approximate surface area is 146 Å². The molecule has 0 aromatic carbocycles. The van der Waals surface area contributed by atoms with Gasteiger partial charge in [-0.2, -0.15) is 4.31 Å². The van der Waals surface area contributed by atoms with Crippen LogP contribution in [0.15, 0.2) is 0 Å². The molecule has 24 heavy (non-hydrogen) atoms. The molecule has 3 aliphatic rings. The molecule has 3 atom stereocenters. The molecule has 1 saturated carbocycles. The Hall–Kier alpha value is -0.660. The molecule has 1 amide bonds. The van der Waals surface area contributed by atoms with E-state index in [0.29, 0.717) is 26.1 Å². The molecule has 0 aromatic rings. The first-order valence-electron chi connectivity index (χ1n) is 9.41. The zero-order valence-corrected chi connectivity index (χ0v) is 15.7. The second-order valence-electron chi connectivity index (χ2n) is 7.86. The number of hydrogen-bond donors (Lipinski definition) is 1. The molecule has 7 heteroatoms. The Morgan fingerprint density at radius 1 is 0.958 bits per heavy atom. The highest BCUT2D eigenvalue weighted by molar-refractivity contribution is 7.89. The van der Waals surface area contributed by atoms with Crippen molar-refractivity contribution in [1.29, 1.82) is 0 Å². The fraction of sp³-hybridized carbons (Fsp3) is 0.941. The lowest BCUT2D eigenvalue weighted by atomic mass is 10.0. The zero-order valence-electron chi connectivity index (χ0n) is 14.9. The van der Waals surface area contributed by atoms with Crippen molar-refractivity contribution in [3.05, 3.63) is 0 Å². The molecule has 0 aromatic heterocycles. The largest absolute Gasteiger partial charge is 0.341 e. The van der Waals surface area contributed by atoms with Gasteiger partial charge in [0, 0.05) is 44.2 Å². The van der Waals surface area contributed by atoms with Crippen molar-refractivity contribution in [2.75, 3.05) is 26.2 Å². The second kappa shape index (κ2) is 7.30. The molecule has 2 aliphatic heterocycles. The van der Waals surface area contributed by atoms with Crippen LogP contribution < -0.4 is 5.32 Å². The lowest BCUT2D eigenvalue weighted by molar-refractivity contribution is -0.136. The first kappa shape index (κ1) is 18.1. The van der Waals surface area contributed by atoms with Crippen molar-refractivity contribution in [3.8, 4) is 0 Å². The third-order valence-corrected chi connectivity index (χ3v) is 7.94. The van der Waals surface area contributed by atoms with Crippen LogP contribution in [-0.2, 0) is 14.8 Å². The molecule has 6 nitrogen and oxygen atoms in total. The van der Waals surface area contributed by atoms with E-state index in [9.17, 15) is 13.2 Å². The van der Waals surface area contributed by atoms with E-state index < -0.39 is 15.3 Å². The summed E-state index contributed by atoms with van der Waals surface area (Å²) in [5.74, 6) is 0.320. The monoisotopic (exact) mass is 357 g/mol. The SMILES string of the molecule is CC1CN(S(=O)(=O)C2CCCN(C(=O)C3CCCC3)C2)CC(C)N1. The fourth-order valence-electron chi connectivity index (χ4n) is 4.51. The van der Waals surface area contributed by atoms with Crippen LogP contribution >= 0.6 is 0 Å². The van der Waals surface area contributed by atoms with Gasteiger partial charge in [-0.3, -0.25) is 4.79 Å². The third kappa shape index (κ3) is 3.78. The van der Waals surface area contributed by atoms with Crippen molar-refractivity contribution in [1.82, 2.24) is 14.5 Å². The highest BCUT2D eigenvalue weighted by atomic mass is 32.2. The topological polar surface area (TPSA) is 69.7 Å². The summed E-state index contributed by atoms with van der Waals surface area (Å²) >= 11 is 0. The van der Waals surface area contributed by atoms with Crippen molar-refractivity contribution < 1.29 is 13.2 Å². The normalized spacial score (nSPS) is 33.8. The summed E-state index contributed by atoms with van der Waals surface area (Å²) in [7, 11) is -3.34. The summed E-state index contributed by atoms with van der Waals surface area (Å²) in [5.41, 5.74) is 0. The lowest BCUT2D eigenvalue weighted by Gasteiger charge is -2.40. The van der Waals surface area contributed by atoms with E-state index in [2.05, 4.69) is 5.32 Å². The summed E-state index contributed by atoms with van der Waals surface area (Å²) in [6, 6.07) is 0.340. The number of carbonyl (C=O) groups excluding carboxylic acids is 1. The van der Waals surface area contributed by atoms with Crippen LogP contribution in [0.1, 0.15) is 52.4 Å². The molecule has 0 radical (unpaired) electrons. The van der Waals surface area contributed by atoms with E-state index in [1.165, 1.54) is 0 Å². The Morgan fingerprint density at radius 2 is 1.58 bits per heavy atom. The zero-order chi connectivity index (χ0) is 17.3. The fourth-order valence-corrected chi connectivity index (χ4v) is 6.62. The molecular formula is C17H31N3O3S. The standard InChI is InChI=1S/C17H31N3O3S/c1-13-10-20(11-14(2)18-13)24(22,23)16-8-5-9-19(12-16)17(21)15-6-3-4-7-15/h13-16,18H,3-12H2,1-2H3. The highest BCUT2D eigenvalue weighted by Gasteiger charge is 2.40. The average Bonchev–Trinajstić information content (AvgIpc) is 3.08. The summed E-state index contributed by atoms with van der Waals surface area (Å²) < 4.78 is 27.8. The molecular weight excluding hydrogens is 326 g/mol. The average molecular weight is 358 g/mol. The van der Waals surface area contributed by atoms with Gasteiger partial charge >= 0.3 is 0 Å². The van der Waals surface area contributed by atoms with E-state index in [1.807, 2.05) is 18.7 Å². The molecule has 2 saturated heterocycles. The number of nitrogens with zero attached hydrogens (tertiary/aromatic N) is 2. The molecule has 1 aliphatic carbocycles. The van der Waals surface area contributed by atoms with Crippen molar-refractivity contribution >= 4 is 15.9 Å². The first-order chi connectivity index (χ1) is 11.4. The number of sulfonamides is 1. The van der Waals surface area contributed by atoms with Crippen molar-refractivity contribution in [3.63, 3.8) is 0 Å². The number of likely N-dealkylation sites (tertiary alicyclic amines) is 1. The van der Waals surface area contributed by atoms with Gasteiger partial charge in [-0.1, -0.05) is 12.8 Å². The van der Waals surface area contributed by atoms with Gasteiger partial charge in [-0.05, 0) is 39.5 Å². The van der Waals surface area contributed by atoms with Crippen LogP contribution in [0.2, 0.25) is 0 Å². The van der Waals surface area contributed by atoms with Crippen LogP contribution in [0.4, 0.5) is 0 Å². The van der Waals surface area contributed by atoms with Gasteiger partial charge in [0.15, 0.2) is 0 Å². The lowest BCUT2D eigenvalue weighted by Crippen LogP contribution is -2.59. The molecule has 138 valence electrons. The van der Waals surface area contributed by atoms with Gasteiger partial charge < -0.3 is 10.2 Å². The summed E-state index contributed by atoms with van der Waals surface area (Å²) in [4.78, 5) is 14.5. The van der Waals surface area contributed by atoms with Crippen LogP contribution in [0, 0.1) is 5.92 Å². The van der Waals surface area contributed by atoms with Gasteiger partial charge in [0.2, 0.25) is 15.9 Å². The number of hydrogen-bond acceptors (Lipinski definition) is 4. The molecule has 3 unspecified atom stereocenters. The van der Waals surface area contributed by atoms with Gasteiger partial charge in [-0.25, -0.2) is 8.42 Å². The second-order valence-corrected chi connectivity index (χ2v) is 10.1. The third-order valence-electron chi connectivity index (χ3n) is 5.70. The number of piperazine rings is 1. The van der Waals surface area contributed by atoms with E-state index in [4.69, 9.17) is 0 Å². The highest BCUT2D eigenvalue weighted by Crippen LogP contribution is 2.29. The van der Waals surface area contributed by atoms with Gasteiger partial charge in [0.1, 0.15) is 0 Å². The smallest absolute Gasteiger partial charge is 0.225 e. The Bertz CT molecular complexity index is 549. The first-order valence-corrected chi connectivity index (χ1v) is 10.9. The Kier molecular flexibility index (Phi) is 5.52. The number of nitrogens with one attached hydrogen (secondary N) is 1. The Morgan fingerprint density at radius 3 is 2.21 bits per heavy atom. The van der Waals surface area contributed by atoms with E-state index in [-0.39, 0.29) is 23.9 Å². The number of piperidine rings is 1. The van der Waals surface area contributed by atoms with Gasteiger partial charge in [0.05, 0.1) is 5.25 Å². The number of carbonyl (C=O) groups is 1. The minimum absolute atomic E-state index is 0.130. The van der Waals surface area contributed by atoms with Gasteiger partial charge in [0.25, 0.3) is 0 Å². The molecule has 1 N–H and O–H groups in total. The van der Waals surface area contributed by atoms with E-state index >= 15 is 0 Å². The number of amides is 1. The summed E-state index contributed by atoms with van der Waals surface area (Å²) in [6.07, 6.45) is 5.66. The predicted molar refractivity (Wildman–Crippen MR) is 94.1 cm³/mol. The Balaban J connectivity index is 1.67. The predicted octanol–water partition coefficient (Wildman–Crippen LogP) is 1.18. The molecule has 0 bridgehead atoms. The van der Waals surface area contributed by atoms with Crippen LogP contribution in [0.3, 0.4) is 0 Å². The molecule has 2 heterocycles. The molecule has 0 spiro atoms. The molecule has 3 rings (SSSR count). The van der Waals surface area contributed by atoms with Crippen LogP contribution in [0.5, 0.6) is 0 Å². The van der Waals surface area contributed by atoms with Crippen molar-refractivity contribution in [2.45, 2.75) is 69.7 Å². The van der Waals surface area contributed by atoms with Crippen LogP contribution in [0.25, 0.3) is 0 Å². The maximum Gasteiger partial charge on any atom is 0.225 e.